The van der Waals surface area contributed by atoms with Gasteiger partial charge in [0, 0.05) is 18.5 Å². The molecule has 10 atom stereocenters. The lowest BCUT2D eigenvalue weighted by atomic mass is 9.32. The molecule has 0 spiro atoms. The molecule has 5 nitrogen and oxygen atoms in total. The molecule has 1 amide bonds. The van der Waals surface area contributed by atoms with E-state index in [1.807, 2.05) is 4.90 Å². The molecule has 0 bridgehead atoms. The molecule has 224 valence electrons. The highest BCUT2D eigenvalue weighted by molar-refractivity contribution is 5.76. The number of fused-ring (bicyclic) bond motifs is 7. The fourth-order valence-corrected chi connectivity index (χ4v) is 12.8. The van der Waals surface area contributed by atoms with Crippen molar-refractivity contribution >= 4 is 12.1 Å². The normalized spacial score (nSPS) is 49.3. The van der Waals surface area contributed by atoms with Gasteiger partial charge in [-0.3, -0.25) is 4.79 Å². The first-order valence-electron chi connectivity index (χ1n) is 16.6. The van der Waals surface area contributed by atoms with Gasteiger partial charge in [0.1, 0.15) is 6.10 Å². The van der Waals surface area contributed by atoms with Gasteiger partial charge in [-0.1, -0.05) is 46.8 Å². The van der Waals surface area contributed by atoms with Crippen LogP contribution in [0.1, 0.15) is 119 Å². The van der Waals surface area contributed by atoms with Gasteiger partial charge in [-0.15, -0.1) is 0 Å². The van der Waals surface area contributed by atoms with Crippen LogP contribution in [-0.4, -0.2) is 41.3 Å². The molecule has 5 aliphatic carbocycles. The number of carbonyl (C=O) groups is 2. The van der Waals surface area contributed by atoms with Crippen LogP contribution < -0.4 is 0 Å². The average molecular weight is 554 g/mol. The first-order valence-corrected chi connectivity index (χ1v) is 16.6. The fourth-order valence-electron chi connectivity index (χ4n) is 12.8. The molecule has 40 heavy (non-hydrogen) atoms. The van der Waals surface area contributed by atoms with Crippen LogP contribution in [0.25, 0.3) is 0 Å². The first kappa shape index (κ1) is 28.6. The van der Waals surface area contributed by atoms with Crippen molar-refractivity contribution in [3.05, 3.63) is 12.2 Å². The molecule has 6 fully saturated rings. The summed E-state index contributed by atoms with van der Waals surface area (Å²) in [7, 11) is 0. The standard InChI is InChI=1S/C35H55NO4/c1-22(2)23-12-17-35(29(37)38)19-18-33(6)24(28(23)35)10-11-26-32(5)15-14-27(40-30(39)36-20-8-9-21-36)31(3,4)25(32)13-16-34(26,33)7/h23-28H,1,8-21H2,2-7H3,(H,37,38)/t23-,24+,25-,26+,27-,28+,32-,33+,34+,35-/m0/s1. The van der Waals surface area contributed by atoms with E-state index in [1.54, 1.807) is 0 Å². The summed E-state index contributed by atoms with van der Waals surface area (Å²) in [5.74, 6) is 1.62. The van der Waals surface area contributed by atoms with Crippen LogP contribution in [0.3, 0.4) is 0 Å². The summed E-state index contributed by atoms with van der Waals surface area (Å²) in [5.41, 5.74) is 1.15. The first-order chi connectivity index (χ1) is 18.7. The number of amides is 1. The minimum atomic E-state index is -0.558. The van der Waals surface area contributed by atoms with Gasteiger partial charge in [-0.2, -0.15) is 0 Å². The topological polar surface area (TPSA) is 66.8 Å². The van der Waals surface area contributed by atoms with Crippen LogP contribution in [0.2, 0.25) is 0 Å². The van der Waals surface area contributed by atoms with Gasteiger partial charge in [0.05, 0.1) is 5.41 Å². The maximum absolute atomic E-state index is 13.0. The Labute approximate surface area is 242 Å². The predicted molar refractivity (Wildman–Crippen MR) is 158 cm³/mol. The Kier molecular flexibility index (Phi) is 6.60. The Morgan fingerprint density at radius 2 is 1.52 bits per heavy atom. The monoisotopic (exact) mass is 553 g/mol. The third-order valence-electron chi connectivity index (χ3n) is 15.0. The second-order valence-corrected chi connectivity index (χ2v) is 16.6. The number of hydrogen-bond acceptors (Lipinski definition) is 3. The number of allylic oxidation sites excluding steroid dienone is 1. The summed E-state index contributed by atoms with van der Waals surface area (Å²) in [4.78, 5) is 27.8. The number of rotatable bonds is 3. The molecule has 6 rings (SSSR count). The lowest BCUT2D eigenvalue weighted by Crippen LogP contribution is -2.67. The van der Waals surface area contributed by atoms with E-state index in [0.717, 1.165) is 70.9 Å². The Bertz CT molecular complexity index is 1080. The van der Waals surface area contributed by atoms with Crippen molar-refractivity contribution in [3.63, 3.8) is 0 Å². The predicted octanol–water partition coefficient (Wildman–Crippen LogP) is 8.33. The van der Waals surface area contributed by atoms with Crippen molar-refractivity contribution in [2.75, 3.05) is 13.1 Å². The summed E-state index contributed by atoms with van der Waals surface area (Å²) in [6, 6.07) is 0. The summed E-state index contributed by atoms with van der Waals surface area (Å²) < 4.78 is 6.29. The van der Waals surface area contributed by atoms with Crippen molar-refractivity contribution < 1.29 is 19.4 Å². The number of carboxylic acids is 1. The third-order valence-corrected chi connectivity index (χ3v) is 15.0. The fraction of sp³-hybridized carbons (Fsp3) is 0.886. The van der Waals surface area contributed by atoms with Crippen molar-refractivity contribution in [3.8, 4) is 0 Å². The van der Waals surface area contributed by atoms with Crippen LogP contribution in [0, 0.1) is 56.7 Å². The molecule has 1 saturated heterocycles. The molecule has 0 radical (unpaired) electrons. The summed E-state index contributed by atoms with van der Waals surface area (Å²) in [6.07, 6.45) is 12.5. The maximum atomic E-state index is 13.0. The van der Waals surface area contributed by atoms with Crippen LogP contribution in [0.15, 0.2) is 12.2 Å². The molecule has 0 aromatic carbocycles. The number of nitrogens with zero attached hydrogens (tertiary/aromatic N) is 1. The Balaban J connectivity index is 1.29. The second-order valence-electron chi connectivity index (χ2n) is 16.6. The van der Waals surface area contributed by atoms with E-state index in [2.05, 4.69) is 48.1 Å². The maximum Gasteiger partial charge on any atom is 0.410 e. The van der Waals surface area contributed by atoms with E-state index in [-0.39, 0.29) is 39.8 Å². The smallest absolute Gasteiger partial charge is 0.410 e. The molecule has 5 saturated carbocycles. The average Bonchev–Trinajstić information content (AvgIpc) is 3.55. The Morgan fingerprint density at radius 1 is 0.825 bits per heavy atom. The molecule has 1 heterocycles. The molecule has 1 aliphatic heterocycles. The minimum absolute atomic E-state index is 0.0179. The Hall–Kier alpha value is -1.52. The third kappa shape index (κ3) is 3.63. The van der Waals surface area contributed by atoms with Crippen LogP contribution in [-0.2, 0) is 9.53 Å². The van der Waals surface area contributed by atoms with Crippen LogP contribution >= 0.6 is 0 Å². The molecule has 1 N–H and O–H groups in total. The quantitative estimate of drug-likeness (QED) is 0.357. The number of carboxylic acid groups (broad SMARTS) is 1. The molecule has 0 unspecified atom stereocenters. The lowest BCUT2D eigenvalue weighted by Gasteiger charge is -2.72. The SMILES string of the molecule is C=C(C)[C@@H]1CC[C@]2(C(=O)O)CC[C@]3(C)[C@H](CC[C@@H]4[C@@]5(C)CC[C@H](OC(=O)N6CCCC6)C(C)(C)[C@@H]5CC[C@]43C)[C@@H]12. The highest BCUT2D eigenvalue weighted by Crippen LogP contribution is 2.77. The molecule has 0 aromatic heterocycles. The zero-order valence-electron chi connectivity index (χ0n) is 26.2. The van der Waals surface area contributed by atoms with Gasteiger partial charge in [0.2, 0.25) is 0 Å². The number of aliphatic carboxylic acids is 1. The van der Waals surface area contributed by atoms with E-state index in [0.29, 0.717) is 23.7 Å². The van der Waals surface area contributed by atoms with Gasteiger partial charge in [-0.25, -0.2) is 4.79 Å². The van der Waals surface area contributed by atoms with E-state index in [9.17, 15) is 14.7 Å². The van der Waals surface area contributed by atoms with Gasteiger partial charge < -0.3 is 14.7 Å². The van der Waals surface area contributed by atoms with Gasteiger partial charge in [-0.05, 0) is 130 Å². The van der Waals surface area contributed by atoms with Crippen molar-refractivity contribution in [2.45, 2.75) is 125 Å². The summed E-state index contributed by atoms with van der Waals surface area (Å²) in [5, 5.41) is 10.6. The van der Waals surface area contributed by atoms with Gasteiger partial charge in [0.15, 0.2) is 0 Å². The lowest BCUT2D eigenvalue weighted by molar-refractivity contribution is -0.248. The summed E-state index contributed by atoms with van der Waals surface area (Å²) in [6.45, 7) is 20.7. The largest absolute Gasteiger partial charge is 0.481 e. The highest BCUT2D eigenvalue weighted by atomic mass is 16.6. The second kappa shape index (κ2) is 9.24. The zero-order chi connectivity index (χ0) is 28.9. The number of carbonyl (C=O) groups excluding carboxylic acids is 1. The minimum Gasteiger partial charge on any atom is -0.481 e. The van der Waals surface area contributed by atoms with E-state index >= 15 is 0 Å². The molecule has 6 aliphatic rings. The van der Waals surface area contributed by atoms with Crippen molar-refractivity contribution in [2.24, 2.45) is 56.7 Å². The Morgan fingerprint density at radius 3 is 2.17 bits per heavy atom. The van der Waals surface area contributed by atoms with E-state index < -0.39 is 11.4 Å². The number of likely N-dealkylation sites (tertiary alicyclic amines) is 1. The van der Waals surface area contributed by atoms with Gasteiger partial charge >= 0.3 is 12.1 Å². The van der Waals surface area contributed by atoms with Crippen LogP contribution in [0.5, 0.6) is 0 Å². The molecular weight excluding hydrogens is 498 g/mol. The molecule has 0 aromatic rings. The number of hydrogen-bond donors (Lipinski definition) is 1. The van der Waals surface area contributed by atoms with Crippen molar-refractivity contribution in [1.82, 2.24) is 4.90 Å². The number of ether oxygens (including phenoxy) is 1. The van der Waals surface area contributed by atoms with E-state index in [4.69, 9.17) is 4.74 Å². The zero-order valence-corrected chi connectivity index (χ0v) is 26.2. The molecule has 5 heteroatoms. The van der Waals surface area contributed by atoms with E-state index in [1.165, 1.54) is 24.8 Å². The highest BCUT2D eigenvalue weighted by Gasteiger charge is 2.72. The van der Waals surface area contributed by atoms with Crippen LogP contribution in [0.4, 0.5) is 4.79 Å². The van der Waals surface area contributed by atoms with Crippen molar-refractivity contribution in [1.29, 1.82) is 0 Å². The van der Waals surface area contributed by atoms with Gasteiger partial charge in [0.25, 0.3) is 0 Å². The summed E-state index contributed by atoms with van der Waals surface area (Å²) >= 11 is 0. The molecular formula is C35H55NO4.